The Labute approximate surface area is 70.7 Å². The zero-order chi connectivity index (χ0) is 8.91. The third kappa shape index (κ3) is 4.38. The first-order valence-electron chi connectivity index (χ1n) is 4.49. The molecule has 0 aliphatic rings. The quantitative estimate of drug-likeness (QED) is 0.440. The molecule has 0 amide bonds. The maximum absolute atomic E-state index is 5.56. The van der Waals surface area contributed by atoms with Crippen LogP contribution in [0.15, 0.2) is 0 Å². The Bertz CT molecular complexity index is 97.7. The van der Waals surface area contributed by atoms with E-state index >= 15 is 0 Å². The summed E-state index contributed by atoms with van der Waals surface area (Å²) in [6, 6.07) is 0. The average Bonchev–Trinajstić information content (AvgIpc) is 2.00. The molecule has 2 heteroatoms. The van der Waals surface area contributed by atoms with E-state index in [1.54, 1.807) is 0 Å². The van der Waals surface area contributed by atoms with Crippen molar-refractivity contribution >= 4 is 0 Å². The predicted octanol–water partition coefficient (Wildman–Crippen LogP) is 1.86. The Morgan fingerprint density at radius 3 is 1.91 bits per heavy atom. The van der Waals surface area contributed by atoms with Gasteiger partial charge in [-0.3, -0.25) is 0 Å². The monoisotopic (exact) mass is 160 g/mol. The van der Waals surface area contributed by atoms with Crippen molar-refractivity contribution in [2.75, 3.05) is 26.9 Å². The van der Waals surface area contributed by atoms with E-state index in [4.69, 9.17) is 4.74 Å². The van der Waals surface area contributed by atoms with Crippen molar-refractivity contribution in [1.82, 2.24) is 0 Å². The van der Waals surface area contributed by atoms with Gasteiger partial charge in [-0.2, -0.15) is 0 Å². The Morgan fingerprint density at radius 1 is 1.18 bits per heavy atom. The molecule has 0 saturated heterocycles. The molecule has 0 aromatic heterocycles. The minimum Gasteiger partial charge on any atom is -0.329 e. The van der Waals surface area contributed by atoms with Crippen molar-refractivity contribution in [3.05, 3.63) is 0 Å². The Morgan fingerprint density at radius 2 is 1.64 bits per heavy atom. The van der Waals surface area contributed by atoms with E-state index in [0.29, 0.717) is 6.10 Å². The van der Waals surface area contributed by atoms with E-state index < -0.39 is 0 Å². The molecule has 0 spiro atoms. The fourth-order valence-corrected chi connectivity index (χ4v) is 0.735. The van der Waals surface area contributed by atoms with Crippen molar-refractivity contribution < 1.29 is 9.22 Å². The molecule has 0 fully saturated rings. The second-order valence-corrected chi connectivity index (χ2v) is 3.60. The smallest absolute Gasteiger partial charge is 0.183 e. The molecular formula is C9H22NO+. The maximum Gasteiger partial charge on any atom is 0.183 e. The number of hydrogen-bond donors (Lipinski definition) is 0. The Balaban J connectivity index is 3.69. The summed E-state index contributed by atoms with van der Waals surface area (Å²) in [6.07, 6.45) is 0.352. The molecule has 0 radical (unpaired) electrons. The highest BCUT2D eigenvalue weighted by Gasteiger charge is 2.16. The van der Waals surface area contributed by atoms with Gasteiger partial charge < -0.3 is 9.22 Å². The summed E-state index contributed by atoms with van der Waals surface area (Å²) in [5, 5.41) is 0. The molecule has 0 aliphatic carbocycles. The first-order valence-corrected chi connectivity index (χ1v) is 4.49. The molecular weight excluding hydrogens is 138 g/mol. The van der Waals surface area contributed by atoms with Gasteiger partial charge in [-0.15, -0.1) is 0 Å². The summed E-state index contributed by atoms with van der Waals surface area (Å²) >= 11 is 0. The lowest BCUT2D eigenvalue weighted by molar-refractivity contribution is -0.925. The molecule has 2 nitrogen and oxygen atoms in total. The molecule has 0 rings (SSSR count). The summed E-state index contributed by atoms with van der Waals surface area (Å²) in [6.45, 7) is 11.7. The fourth-order valence-electron chi connectivity index (χ4n) is 0.735. The SMILES string of the molecule is CC[N+](C)(CC)COC(C)C. The minimum atomic E-state index is 0.352. The van der Waals surface area contributed by atoms with Gasteiger partial charge in [0.05, 0.1) is 26.2 Å². The lowest BCUT2D eigenvalue weighted by Gasteiger charge is -2.32. The minimum absolute atomic E-state index is 0.352. The highest BCUT2D eigenvalue weighted by Crippen LogP contribution is 2.02. The molecule has 0 aromatic rings. The standard InChI is InChI=1S/C9H22NO/c1-6-10(5,7-2)8-11-9(3)4/h9H,6-8H2,1-5H3/q+1. The number of hydrogen-bond acceptors (Lipinski definition) is 1. The highest BCUT2D eigenvalue weighted by molar-refractivity contribution is 4.32. The van der Waals surface area contributed by atoms with Crippen molar-refractivity contribution in [3.8, 4) is 0 Å². The zero-order valence-electron chi connectivity index (χ0n) is 8.55. The van der Waals surface area contributed by atoms with E-state index in [2.05, 4.69) is 34.7 Å². The third-order valence-electron chi connectivity index (χ3n) is 2.25. The maximum atomic E-state index is 5.56. The van der Waals surface area contributed by atoms with Crippen LogP contribution in [0.1, 0.15) is 27.7 Å². The molecule has 0 saturated carbocycles. The van der Waals surface area contributed by atoms with E-state index in [0.717, 1.165) is 24.3 Å². The largest absolute Gasteiger partial charge is 0.329 e. The number of quaternary nitrogens is 1. The van der Waals surface area contributed by atoms with Crippen LogP contribution in [0.5, 0.6) is 0 Å². The molecule has 68 valence electrons. The van der Waals surface area contributed by atoms with Gasteiger partial charge >= 0.3 is 0 Å². The number of rotatable bonds is 5. The van der Waals surface area contributed by atoms with Gasteiger partial charge in [0.1, 0.15) is 0 Å². The Kier molecular flexibility index (Phi) is 4.69. The number of nitrogens with zero attached hydrogens (tertiary/aromatic N) is 1. The van der Waals surface area contributed by atoms with Gasteiger partial charge in [0.15, 0.2) is 6.73 Å². The van der Waals surface area contributed by atoms with Gasteiger partial charge in [0, 0.05) is 0 Å². The van der Waals surface area contributed by atoms with E-state index in [1.165, 1.54) is 0 Å². The van der Waals surface area contributed by atoms with Crippen LogP contribution >= 0.6 is 0 Å². The lowest BCUT2D eigenvalue weighted by Crippen LogP contribution is -2.45. The van der Waals surface area contributed by atoms with Crippen molar-refractivity contribution in [2.45, 2.75) is 33.8 Å². The van der Waals surface area contributed by atoms with Crippen molar-refractivity contribution in [3.63, 3.8) is 0 Å². The number of ether oxygens (including phenoxy) is 1. The van der Waals surface area contributed by atoms with E-state index in [9.17, 15) is 0 Å². The topological polar surface area (TPSA) is 9.23 Å². The summed E-state index contributed by atoms with van der Waals surface area (Å²) < 4.78 is 6.57. The highest BCUT2D eigenvalue weighted by atomic mass is 16.5. The molecule has 0 heterocycles. The molecule has 11 heavy (non-hydrogen) atoms. The van der Waals surface area contributed by atoms with E-state index in [-0.39, 0.29) is 0 Å². The van der Waals surface area contributed by atoms with Gasteiger partial charge in [0.25, 0.3) is 0 Å². The molecule has 0 aliphatic heterocycles. The normalized spacial score (nSPS) is 12.5. The van der Waals surface area contributed by atoms with Crippen molar-refractivity contribution in [1.29, 1.82) is 0 Å². The Hall–Kier alpha value is -0.0800. The third-order valence-corrected chi connectivity index (χ3v) is 2.25. The molecule has 0 aromatic carbocycles. The second kappa shape index (κ2) is 4.73. The van der Waals surface area contributed by atoms with Crippen LogP contribution in [0.3, 0.4) is 0 Å². The van der Waals surface area contributed by atoms with Gasteiger partial charge in [0.2, 0.25) is 0 Å². The predicted molar refractivity (Wildman–Crippen MR) is 48.4 cm³/mol. The summed E-state index contributed by atoms with van der Waals surface area (Å²) in [4.78, 5) is 0. The van der Waals surface area contributed by atoms with Crippen molar-refractivity contribution in [2.24, 2.45) is 0 Å². The van der Waals surface area contributed by atoms with Gasteiger partial charge in [-0.1, -0.05) is 0 Å². The van der Waals surface area contributed by atoms with Crippen LogP contribution in [0.2, 0.25) is 0 Å². The average molecular weight is 160 g/mol. The summed E-state index contributed by atoms with van der Waals surface area (Å²) in [7, 11) is 2.22. The first-order chi connectivity index (χ1) is 5.04. The van der Waals surface area contributed by atoms with Crippen LogP contribution in [-0.4, -0.2) is 37.5 Å². The fraction of sp³-hybridized carbons (Fsp3) is 1.00. The van der Waals surface area contributed by atoms with Crippen LogP contribution in [0, 0.1) is 0 Å². The van der Waals surface area contributed by atoms with Crippen LogP contribution < -0.4 is 0 Å². The van der Waals surface area contributed by atoms with Gasteiger partial charge in [-0.25, -0.2) is 0 Å². The second-order valence-electron chi connectivity index (χ2n) is 3.60. The van der Waals surface area contributed by atoms with Crippen LogP contribution in [-0.2, 0) is 4.74 Å². The summed E-state index contributed by atoms with van der Waals surface area (Å²) in [5.74, 6) is 0. The zero-order valence-corrected chi connectivity index (χ0v) is 8.55. The summed E-state index contributed by atoms with van der Waals surface area (Å²) in [5.41, 5.74) is 0. The van der Waals surface area contributed by atoms with Gasteiger partial charge in [-0.05, 0) is 27.7 Å². The molecule has 0 atom stereocenters. The first kappa shape index (κ1) is 10.9. The molecule has 0 bridgehead atoms. The molecule has 0 unspecified atom stereocenters. The van der Waals surface area contributed by atoms with Crippen LogP contribution in [0.4, 0.5) is 0 Å². The van der Waals surface area contributed by atoms with Crippen LogP contribution in [0.25, 0.3) is 0 Å². The van der Waals surface area contributed by atoms with E-state index in [1.807, 2.05) is 0 Å². The molecule has 0 N–H and O–H groups in total. The lowest BCUT2D eigenvalue weighted by atomic mass is 10.4.